The Morgan fingerprint density at radius 1 is 1.27 bits per heavy atom. The zero-order valence-electron chi connectivity index (χ0n) is 14.8. The van der Waals surface area contributed by atoms with Crippen LogP contribution in [0.4, 0.5) is 0 Å². The van der Waals surface area contributed by atoms with E-state index in [9.17, 15) is 0 Å². The van der Waals surface area contributed by atoms with Gasteiger partial charge in [0.25, 0.3) is 0 Å². The molecule has 0 spiro atoms. The molecule has 0 aliphatic carbocycles. The number of halogens is 1. The second-order valence-corrected chi connectivity index (χ2v) is 6.86. The van der Waals surface area contributed by atoms with E-state index in [1.165, 1.54) is 0 Å². The Kier molecular flexibility index (Phi) is 5.04. The molecule has 1 aliphatic rings. The average Bonchev–Trinajstić information content (AvgIpc) is 3.05. The topological polar surface area (TPSA) is 64.9 Å². The van der Waals surface area contributed by atoms with Crippen LogP contribution < -0.4 is 10.1 Å². The lowest BCUT2D eigenvalue weighted by Gasteiger charge is -2.22. The molecular formula is C19H22ClN5O. The summed E-state index contributed by atoms with van der Waals surface area (Å²) in [6.07, 6.45) is 3.99. The Labute approximate surface area is 157 Å². The number of hydrogen-bond acceptors (Lipinski definition) is 5. The van der Waals surface area contributed by atoms with Crippen LogP contribution in [0.3, 0.4) is 0 Å². The predicted octanol–water partition coefficient (Wildman–Crippen LogP) is 3.39. The highest BCUT2D eigenvalue weighted by molar-refractivity contribution is 6.28. The first kappa shape index (κ1) is 17.2. The molecule has 0 radical (unpaired) electrons. The fourth-order valence-corrected chi connectivity index (χ4v) is 3.72. The van der Waals surface area contributed by atoms with Crippen molar-refractivity contribution in [3.8, 4) is 5.75 Å². The van der Waals surface area contributed by atoms with Crippen LogP contribution in [0.1, 0.15) is 36.9 Å². The number of nitrogens with one attached hydrogen (secondary N) is 1. The first-order valence-electron chi connectivity index (χ1n) is 9.06. The summed E-state index contributed by atoms with van der Waals surface area (Å²) in [5.74, 6) is 1.27. The standard InChI is InChI=1S/C19H22ClN5O/c1-2-26-15-5-3-4-13(10-15)12-25-18-16(11-22-25)17(23-19(20)24-18)14-6-8-21-9-7-14/h3-5,10-11,14,21H,2,6-9,12H2,1H3. The van der Waals surface area contributed by atoms with E-state index in [0.29, 0.717) is 19.1 Å². The molecule has 2 aromatic heterocycles. The van der Waals surface area contributed by atoms with Gasteiger partial charge in [-0.3, -0.25) is 0 Å². The SMILES string of the molecule is CCOc1cccc(Cn2ncc3c(C4CCNCC4)nc(Cl)nc32)c1. The van der Waals surface area contributed by atoms with Gasteiger partial charge in [-0.05, 0) is 62.2 Å². The highest BCUT2D eigenvalue weighted by atomic mass is 35.5. The van der Waals surface area contributed by atoms with Crippen molar-refractivity contribution in [3.05, 3.63) is 47.0 Å². The van der Waals surface area contributed by atoms with Gasteiger partial charge in [-0.25, -0.2) is 9.67 Å². The quantitative estimate of drug-likeness (QED) is 0.696. The van der Waals surface area contributed by atoms with Gasteiger partial charge in [0, 0.05) is 5.92 Å². The highest BCUT2D eigenvalue weighted by Crippen LogP contribution is 2.30. The molecule has 26 heavy (non-hydrogen) atoms. The summed E-state index contributed by atoms with van der Waals surface area (Å²) < 4.78 is 7.48. The van der Waals surface area contributed by atoms with Crippen LogP contribution in [0.25, 0.3) is 11.0 Å². The third-order valence-electron chi connectivity index (χ3n) is 4.77. The fraction of sp³-hybridized carbons (Fsp3) is 0.421. The number of piperidine rings is 1. The lowest BCUT2D eigenvalue weighted by molar-refractivity contribution is 0.340. The maximum Gasteiger partial charge on any atom is 0.224 e. The molecule has 0 atom stereocenters. The Hall–Kier alpha value is -2.18. The molecule has 1 aliphatic heterocycles. The molecular weight excluding hydrogens is 350 g/mol. The average molecular weight is 372 g/mol. The summed E-state index contributed by atoms with van der Waals surface area (Å²) >= 11 is 6.24. The molecule has 0 unspecified atom stereocenters. The number of fused-ring (bicyclic) bond motifs is 1. The number of benzene rings is 1. The van der Waals surface area contributed by atoms with E-state index in [-0.39, 0.29) is 5.28 Å². The minimum absolute atomic E-state index is 0.288. The van der Waals surface area contributed by atoms with E-state index in [1.54, 1.807) is 0 Å². The number of rotatable bonds is 5. The number of nitrogens with zero attached hydrogens (tertiary/aromatic N) is 4. The van der Waals surface area contributed by atoms with Crippen molar-refractivity contribution in [1.29, 1.82) is 0 Å². The second-order valence-electron chi connectivity index (χ2n) is 6.52. The van der Waals surface area contributed by atoms with Crippen LogP contribution in [-0.4, -0.2) is 39.4 Å². The molecule has 0 amide bonds. The highest BCUT2D eigenvalue weighted by Gasteiger charge is 2.22. The molecule has 0 bridgehead atoms. The lowest BCUT2D eigenvalue weighted by atomic mass is 9.93. The summed E-state index contributed by atoms with van der Waals surface area (Å²) in [5.41, 5.74) is 2.93. The largest absolute Gasteiger partial charge is 0.494 e. The van der Waals surface area contributed by atoms with Gasteiger partial charge in [0.05, 0.1) is 30.4 Å². The summed E-state index contributed by atoms with van der Waals surface area (Å²) in [6, 6.07) is 8.05. The fourth-order valence-electron chi connectivity index (χ4n) is 3.55. The van der Waals surface area contributed by atoms with E-state index in [0.717, 1.165) is 54.0 Å². The number of aromatic nitrogens is 4. The van der Waals surface area contributed by atoms with Crippen molar-refractivity contribution >= 4 is 22.6 Å². The van der Waals surface area contributed by atoms with Gasteiger partial charge in [-0.15, -0.1) is 0 Å². The van der Waals surface area contributed by atoms with E-state index >= 15 is 0 Å². The van der Waals surface area contributed by atoms with Crippen molar-refractivity contribution in [2.75, 3.05) is 19.7 Å². The minimum Gasteiger partial charge on any atom is -0.494 e. The third kappa shape index (κ3) is 3.52. The summed E-state index contributed by atoms with van der Waals surface area (Å²) in [7, 11) is 0. The summed E-state index contributed by atoms with van der Waals surface area (Å²) in [4.78, 5) is 8.99. The van der Waals surface area contributed by atoms with Crippen LogP contribution in [0.2, 0.25) is 5.28 Å². The van der Waals surface area contributed by atoms with Crippen LogP contribution in [0.15, 0.2) is 30.5 Å². The third-order valence-corrected chi connectivity index (χ3v) is 4.94. The summed E-state index contributed by atoms with van der Waals surface area (Å²) in [5, 5.41) is 9.24. The lowest BCUT2D eigenvalue weighted by Crippen LogP contribution is -2.27. The van der Waals surface area contributed by atoms with Crippen molar-refractivity contribution in [3.63, 3.8) is 0 Å². The number of ether oxygens (including phenoxy) is 1. The molecule has 1 saturated heterocycles. The summed E-state index contributed by atoms with van der Waals surface area (Å²) in [6.45, 7) is 5.26. The van der Waals surface area contributed by atoms with Gasteiger partial charge in [-0.2, -0.15) is 10.1 Å². The molecule has 136 valence electrons. The van der Waals surface area contributed by atoms with Gasteiger partial charge in [-0.1, -0.05) is 12.1 Å². The van der Waals surface area contributed by atoms with Crippen LogP contribution in [0.5, 0.6) is 5.75 Å². The van der Waals surface area contributed by atoms with Crippen molar-refractivity contribution < 1.29 is 4.74 Å². The van der Waals surface area contributed by atoms with Gasteiger partial charge < -0.3 is 10.1 Å². The molecule has 3 aromatic rings. The molecule has 7 heteroatoms. The Balaban J connectivity index is 1.68. The Morgan fingerprint density at radius 3 is 2.92 bits per heavy atom. The van der Waals surface area contributed by atoms with Crippen LogP contribution in [0, 0.1) is 0 Å². The number of hydrogen-bond donors (Lipinski definition) is 1. The zero-order chi connectivity index (χ0) is 17.9. The van der Waals surface area contributed by atoms with Crippen molar-refractivity contribution in [2.45, 2.75) is 32.2 Å². The van der Waals surface area contributed by atoms with E-state index in [4.69, 9.17) is 16.3 Å². The van der Waals surface area contributed by atoms with E-state index < -0.39 is 0 Å². The van der Waals surface area contributed by atoms with Gasteiger partial charge >= 0.3 is 0 Å². The zero-order valence-corrected chi connectivity index (χ0v) is 15.5. The van der Waals surface area contributed by atoms with E-state index in [1.807, 2.05) is 36.0 Å². The molecule has 0 saturated carbocycles. The Bertz CT molecular complexity index is 904. The van der Waals surface area contributed by atoms with Crippen LogP contribution in [-0.2, 0) is 6.54 Å². The van der Waals surface area contributed by atoms with E-state index in [2.05, 4.69) is 26.4 Å². The predicted molar refractivity (Wildman–Crippen MR) is 102 cm³/mol. The van der Waals surface area contributed by atoms with Crippen molar-refractivity contribution in [1.82, 2.24) is 25.1 Å². The maximum atomic E-state index is 6.24. The Morgan fingerprint density at radius 2 is 2.12 bits per heavy atom. The molecule has 1 aromatic carbocycles. The molecule has 1 fully saturated rings. The van der Waals surface area contributed by atoms with Gasteiger partial charge in [0.2, 0.25) is 5.28 Å². The monoisotopic (exact) mass is 371 g/mol. The first-order valence-corrected chi connectivity index (χ1v) is 9.44. The maximum absolute atomic E-state index is 6.24. The first-order chi connectivity index (χ1) is 12.7. The second kappa shape index (κ2) is 7.60. The smallest absolute Gasteiger partial charge is 0.224 e. The molecule has 1 N–H and O–H groups in total. The van der Waals surface area contributed by atoms with Crippen molar-refractivity contribution in [2.24, 2.45) is 0 Å². The molecule has 6 nitrogen and oxygen atoms in total. The van der Waals surface area contributed by atoms with Crippen LogP contribution >= 0.6 is 11.6 Å². The molecule has 3 heterocycles. The van der Waals surface area contributed by atoms with Gasteiger partial charge in [0.1, 0.15) is 5.75 Å². The van der Waals surface area contributed by atoms with Gasteiger partial charge in [0.15, 0.2) is 5.65 Å². The molecule has 4 rings (SSSR count). The normalized spacial score (nSPS) is 15.5. The minimum atomic E-state index is 0.288.